The van der Waals surface area contributed by atoms with Crippen molar-refractivity contribution in [2.24, 2.45) is 0 Å². The number of aromatic amines is 1. The van der Waals surface area contributed by atoms with Gasteiger partial charge in [0.1, 0.15) is 0 Å². The molecule has 0 spiro atoms. The van der Waals surface area contributed by atoms with Gasteiger partial charge >= 0.3 is 0 Å². The maximum absolute atomic E-state index is 12.3. The van der Waals surface area contributed by atoms with Gasteiger partial charge in [-0.3, -0.25) is 0 Å². The molecular weight excluding hydrogens is 334 g/mol. The predicted octanol–water partition coefficient (Wildman–Crippen LogP) is 3.83. The Morgan fingerprint density at radius 2 is 2.04 bits per heavy atom. The van der Waals surface area contributed by atoms with Crippen molar-refractivity contribution >= 4 is 32.5 Å². The fourth-order valence-corrected chi connectivity index (χ4v) is 4.78. The van der Waals surface area contributed by atoms with Crippen LogP contribution in [-0.4, -0.2) is 30.7 Å². The van der Waals surface area contributed by atoms with E-state index in [4.69, 9.17) is 0 Å². The van der Waals surface area contributed by atoms with E-state index in [0.717, 1.165) is 36.4 Å². The normalized spacial score (nSPS) is 14.7. The van der Waals surface area contributed by atoms with Gasteiger partial charge in [-0.25, -0.2) is 13.4 Å². The van der Waals surface area contributed by atoms with Crippen LogP contribution in [0.5, 0.6) is 0 Å². The first-order valence-electron chi connectivity index (χ1n) is 8.66. The summed E-state index contributed by atoms with van der Waals surface area (Å²) in [5, 5.41) is 0. The molecule has 5 nitrogen and oxygen atoms in total. The number of benzene rings is 2. The SMILES string of the molecule is CCCS(=O)(=O)c1ccc2nc(N3CCCc4ccccc43)[nH]c2c1. The second-order valence-corrected chi connectivity index (χ2v) is 8.55. The van der Waals surface area contributed by atoms with Gasteiger partial charge in [-0.05, 0) is 49.1 Å². The maximum Gasteiger partial charge on any atom is 0.208 e. The van der Waals surface area contributed by atoms with E-state index in [0.29, 0.717) is 11.3 Å². The molecule has 0 saturated carbocycles. The van der Waals surface area contributed by atoms with Crippen molar-refractivity contribution in [3.63, 3.8) is 0 Å². The van der Waals surface area contributed by atoms with Crippen molar-refractivity contribution in [3.8, 4) is 0 Å². The summed E-state index contributed by atoms with van der Waals surface area (Å²) in [7, 11) is -3.23. The molecule has 0 atom stereocenters. The summed E-state index contributed by atoms with van der Waals surface area (Å²) in [5.74, 6) is 0.936. The molecule has 0 aliphatic carbocycles. The lowest BCUT2D eigenvalue weighted by Gasteiger charge is -2.28. The van der Waals surface area contributed by atoms with Crippen LogP contribution in [0.3, 0.4) is 0 Å². The zero-order valence-electron chi connectivity index (χ0n) is 14.2. The number of nitrogens with zero attached hydrogens (tertiary/aromatic N) is 2. The Hall–Kier alpha value is -2.34. The quantitative estimate of drug-likeness (QED) is 0.772. The Balaban J connectivity index is 1.76. The van der Waals surface area contributed by atoms with E-state index in [1.54, 1.807) is 18.2 Å². The van der Waals surface area contributed by atoms with Crippen LogP contribution in [0.25, 0.3) is 11.0 Å². The lowest BCUT2D eigenvalue weighted by atomic mass is 10.0. The number of sulfone groups is 1. The predicted molar refractivity (Wildman–Crippen MR) is 100 cm³/mol. The molecule has 2 aromatic carbocycles. The lowest BCUT2D eigenvalue weighted by molar-refractivity contribution is 0.595. The van der Waals surface area contributed by atoms with Crippen LogP contribution in [0.1, 0.15) is 25.3 Å². The average Bonchev–Trinajstić information content (AvgIpc) is 3.04. The third-order valence-corrected chi connectivity index (χ3v) is 6.56. The van der Waals surface area contributed by atoms with Crippen molar-refractivity contribution < 1.29 is 8.42 Å². The number of H-pyrrole nitrogens is 1. The Morgan fingerprint density at radius 1 is 1.20 bits per heavy atom. The van der Waals surface area contributed by atoms with Crippen molar-refractivity contribution in [1.82, 2.24) is 9.97 Å². The van der Waals surface area contributed by atoms with Crippen LogP contribution in [0, 0.1) is 0 Å². The maximum atomic E-state index is 12.3. The molecule has 0 saturated heterocycles. The number of anilines is 2. The van der Waals surface area contributed by atoms with Gasteiger partial charge in [-0.1, -0.05) is 25.1 Å². The summed E-state index contributed by atoms with van der Waals surface area (Å²) in [6.45, 7) is 2.77. The molecule has 130 valence electrons. The van der Waals surface area contributed by atoms with Gasteiger partial charge in [0.05, 0.1) is 21.7 Å². The molecular formula is C19H21N3O2S. The van der Waals surface area contributed by atoms with Gasteiger partial charge in [-0.15, -0.1) is 0 Å². The van der Waals surface area contributed by atoms with Crippen molar-refractivity contribution in [3.05, 3.63) is 48.0 Å². The van der Waals surface area contributed by atoms with E-state index in [2.05, 4.69) is 33.1 Å². The molecule has 6 heteroatoms. The highest BCUT2D eigenvalue weighted by atomic mass is 32.2. The number of aryl methyl sites for hydroxylation is 1. The van der Waals surface area contributed by atoms with Crippen LogP contribution in [-0.2, 0) is 16.3 Å². The fourth-order valence-electron chi connectivity index (χ4n) is 3.44. The molecule has 2 heterocycles. The van der Waals surface area contributed by atoms with Crippen molar-refractivity contribution in [2.75, 3.05) is 17.2 Å². The third-order valence-electron chi connectivity index (χ3n) is 4.64. The molecule has 0 radical (unpaired) electrons. The summed E-state index contributed by atoms with van der Waals surface area (Å²) in [6.07, 6.45) is 2.76. The molecule has 0 unspecified atom stereocenters. The van der Waals surface area contributed by atoms with Crippen LogP contribution >= 0.6 is 0 Å². The van der Waals surface area contributed by atoms with E-state index < -0.39 is 9.84 Å². The molecule has 1 N–H and O–H groups in total. The van der Waals surface area contributed by atoms with Crippen LogP contribution < -0.4 is 4.90 Å². The molecule has 0 amide bonds. The van der Waals surface area contributed by atoms with Gasteiger partial charge < -0.3 is 9.88 Å². The highest BCUT2D eigenvalue weighted by Gasteiger charge is 2.21. The minimum absolute atomic E-state index is 0.166. The zero-order chi connectivity index (χ0) is 17.4. The summed E-state index contributed by atoms with van der Waals surface area (Å²) in [6, 6.07) is 13.5. The third kappa shape index (κ3) is 2.91. The lowest BCUT2D eigenvalue weighted by Crippen LogP contribution is -2.25. The molecule has 4 rings (SSSR count). The number of fused-ring (bicyclic) bond motifs is 2. The summed E-state index contributed by atoms with van der Waals surface area (Å²) < 4.78 is 24.6. The Labute approximate surface area is 147 Å². The summed E-state index contributed by atoms with van der Waals surface area (Å²) >= 11 is 0. The average molecular weight is 355 g/mol. The molecule has 3 aromatic rings. The highest BCUT2D eigenvalue weighted by molar-refractivity contribution is 7.91. The first-order valence-corrected chi connectivity index (χ1v) is 10.3. The van der Waals surface area contributed by atoms with Crippen LogP contribution in [0.15, 0.2) is 47.4 Å². The summed E-state index contributed by atoms with van der Waals surface area (Å²) in [5.41, 5.74) is 4.04. The zero-order valence-corrected chi connectivity index (χ0v) is 15.0. The van der Waals surface area contributed by atoms with E-state index in [-0.39, 0.29) is 5.75 Å². The monoisotopic (exact) mass is 355 g/mol. The number of hydrogen-bond acceptors (Lipinski definition) is 4. The number of hydrogen-bond donors (Lipinski definition) is 1. The van der Waals surface area contributed by atoms with E-state index in [1.165, 1.54) is 11.3 Å². The van der Waals surface area contributed by atoms with E-state index in [1.807, 2.05) is 13.0 Å². The number of nitrogens with one attached hydrogen (secondary N) is 1. The van der Waals surface area contributed by atoms with Gasteiger partial charge in [0.25, 0.3) is 0 Å². The van der Waals surface area contributed by atoms with E-state index >= 15 is 0 Å². The standard InChI is InChI=1S/C19H21N3O2S/c1-2-12-25(23,24)15-9-10-16-17(13-15)21-19(20-16)22-11-5-7-14-6-3-4-8-18(14)22/h3-4,6,8-10,13H,2,5,7,11-12H2,1H3,(H,20,21). The number of para-hydroxylation sites is 1. The van der Waals surface area contributed by atoms with Crippen LogP contribution in [0.2, 0.25) is 0 Å². The first kappa shape index (κ1) is 16.1. The number of rotatable bonds is 4. The van der Waals surface area contributed by atoms with Gasteiger partial charge in [0.15, 0.2) is 9.84 Å². The minimum atomic E-state index is -3.23. The highest BCUT2D eigenvalue weighted by Crippen LogP contribution is 2.33. The Kier molecular flexibility index (Phi) is 4.00. The second-order valence-electron chi connectivity index (χ2n) is 6.44. The Morgan fingerprint density at radius 3 is 2.88 bits per heavy atom. The first-order chi connectivity index (χ1) is 12.1. The largest absolute Gasteiger partial charge is 0.324 e. The van der Waals surface area contributed by atoms with Gasteiger partial charge in [-0.2, -0.15) is 0 Å². The van der Waals surface area contributed by atoms with Crippen LogP contribution in [0.4, 0.5) is 11.6 Å². The van der Waals surface area contributed by atoms with Crippen molar-refractivity contribution in [2.45, 2.75) is 31.1 Å². The summed E-state index contributed by atoms with van der Waals surface area (Å²) in [4.78, 5) is 10.5. The molecule has 0 fully saturated rings. The number of aromatic nitrogens is 2. The van der Waals surface area contributed by atoms with Gasteiger partial charge in [0.2, 0.25) is 5.95 Å². The van der Waals surface area contributed by atoms with Gasteiger partial charge in [0, 0.05) is 12.2 Å². The Bertz CT molecular complexity index is 1020. The fraction of sp³-hybridized carbons (Fsp3) is 0.316. The second kappa shape index (κ2) is 6.19. The van der Waals surface area contributed by atoms with E-state index in [9.17, 15) is 8.42 Å². The molecule has 1 aliphatic rings. The van der Waals surface area contributed by atoms with Crippen molar-refractivity contribution in [1.29, 1.82) is 0 Å². The molecule has 1 aliphatic heterocycles. The smallest absolute Gasteiger partial charge is 0.208 e. The molecule has 25 heavy (non-hydrogen) atoms. The topological polar surface area (TPSA) is 66.1 Å². The number of imidazole rings is 1. The molecule has 1 aromatic heterocycles. The minimum Gasteiger partial charge on any atom is -0.324 e. The molecule has 0 bridgehead atoms.